The number of nitrogens with zero attached hydrogens (tertiary/aromatic N) is 6. The number of rotatable bonds is 11. The number of aromatic nitrogens is 6. The van der Waals surface area contributed by atoms with Gasteiger partial charge in [0.2, 0.25) is 0 Å². The second-order valence-corrected chi connectivity index (χ2v) is 39.5. The van der Waals surface area contributed by atoms with Crippen LogP contribution in [0.25, 0.3) is 243 Å². The quantitative estimate of drug-likeness (QED) is 0.127. The van der Waals surface area contributed by atoms with E-state index >= 15 is 0 Å². The van der Waals surface area contributed by atoms with Crippen molar-refractivity contribution in [2.75, 3.05) is 0 Å². The monoisotopic (exact) mass is 1810 g/mol. The molecule has 0 unspecified atom stereocenters. The molecule has 28 aromatic rings. The van der Waals surface area contributed by atoms with Gasteiger partial charge in [0, 0.05) is 110 Å². The Morgan fingerprint density at radius 2 is 0.362 bits per heavy atom. The molecule has 28 rings (SSSR count). The van der Waals surface area contributed by atoms with Gasteiger partial charge < -0.3 is 31.8 Å². The molecular weight excluding hydrogens is 1710 g/mol. The highest BCUT2D eigenvalue weighted by Crippen LogP contribution is 2.46. The van der Waals surface area contributed by atoms with Gasteiger partial charge >= 0.3 is 0 Å². The molecular formula is C134H98N6O. The number of furan rings is 1. The normalized spacial score (nSPS) is 12.0. The van der Waals surface area contributed by atoms with Crippen LogP contribution < -0.4 is 0 Å². The van der Waals surface area contributed by atoms with Crippen LogP contribution in [-0.4, -0.2) is 27.4 Å². The zero-order chi connectivity index (χ0) is 94.3. The van der Waals surface area contributed by atoms with Gasteiger partial charge in [0.15, 0.2) is 0 Å². The molecule has 0 aliphatic carbocycles. The lowest BCUT2D eigenvalue weighted by atomic mass is 9.86. The van der Waals surface area contributed by atoms with Crippen LogP contribution in [0.3, 0.4) is 0 Å². The van der Waals surface area contributed by atoms with Crippen molar-refractivity contribution >= 4 is 153 Å². The van der Waals surface area contributed by atoms with Crippen molar-refractivity contribution in [3.63, 3.8) is 0 Å². The summed E-state index contributed by atoms with van der Waals surface area (Å²) in [6.07, 6.45) is 0. The number of fused-ring (bicyclic) bond motifs is 21. The van der Waals surface area contributed by atoms with Crippen LogP contribution in [0.2, 0.25) is 0 Å². The van der Waals surface area contributed by atoms with E-state index in [4.69, 9.17) is 4.42 Å². The summed E-state index contributed by atoms with van der Waals surface area (Å²) in [5.41, 5.74) is 38.5. The van der Waals surface area contributed by atoms with Crippen LogP contribution in [-0.2, 0) is 10.8 Å². The van der Waals surface area contributed by atoms with Crippen molar-refractivity contribution in [2.24, 2.45) is 0 Å². The molecule has 0 amide bonds. The highest BCUT2D eigenvalue weighted by Gasteiger charge is 2.25. The Bertz CT molecular complexity index is 9790. The van der Waals surface area contributed by atoms with Gasteiger partial charge in [-0.05, 0) is 278 Å². The number of para-hydroxylation sites is 8. The predicted molar refractivity (Wildman–Crippen MR) is 597 cm³/mol. The van der Waals surface area contributed by atoms with Gasteiger partial charge in [-0.15, -0.1) is 0 Å². The van der Waals surface area contributed by atoms with Crippen molar-refractivity contribution in [3.05, 3.63) is 496 Å². The maximum atomic E-state index is 6.14. The molecule has 0 aliphatic rings. The van der Waals surface area contributed by atoms with E-state index in [1.54, 1.807) is 0 Å². The van der Waals surface area contributed by atoms with Gasteiger partial charge in [0.25, 0.3) is 0 Å². The lowest BCUT2D eigenvalue weighted by Gasteiger charge is -2.19. The van der Waals surface area contributed by atoms with Crippen molar-refractivity contribution in [1.29, 1.82) is 0 Å². The second kappa shape index (κ2) is 33.6. The van der Waals surface area contributed by atoms with Crippen molar-refractivity contribution in [1.82, 2.24) is 27.4 Å². The molecule has 0 spiro atoms. The summed E-state index contributed by atoms with van der Waals surface area (Å²) in [5.74, 6) is 0. The van der Waals surface area contributed by atoms with Gasteiger partial charge in [-0.2, -0.15) is 0 Å². The molecule has 0 atom stereocenters. The Labute approximate surface area is 817 Å². The van der Waals surface area contributed by atoms with Gasteiger partial charge in [-0.25, -0.2) is 0 Å². The summed E-state index contributed by atoms with van der Waals surface area (Å²) in [6, 6.07) is 177. The van der Waals surface area contributed by atoms with E-state index < -0.39 is 0 Å². The number of benzene rings is 21. The van der Waals surface area contributed by atoms with Gasteiger partial charge in [0.1, 0.15) is 11.2 Å². The van der Waals surface area contributed by atoms with E-state index in [1.165, 1.54) is 226 Å². The molecule has 141 heavy (non-hydrogen) atoms. The first-order valence-corrected chi connectivity index (χ1v) is 48.9. The molecule has 0 aliphatic heterocycles. The fourth-order valence-corrected chi connectivity index (χ4v) is 22.1. The molecule has 670 valence electrons. The summed E-state index contributed by atoms with van der Waals surface area (Å²) in [4.78, 5) is 0. The van der Waals surface area contributed by atoms with Crippen LogP contribution in [0.15, 0.2) is 490 Å². The van der Waals surface area contributed by atoms with E-state index in [0.29, 0.717) is 0 Å². The third-order valence-electron chi connectivity index (χ3n) is 29.1. The van der Waals surface area contributed by atoms with Crippen molar-refractivity contribution in [3.8, 4) is 89.8 Å². The summed E-state index contributed by atoms with van der Waals surface area (Å²) < 4.78 is 20.5. The average molecular weight is 1810 g/mol. The minimum absolute atomic E-state index is 0.0623. The molecule has 0 N–H and O–H groups in total. The van der Waals surface area contributed by atoms with Crippen LogP contribution in [0.1, 0.15) is 52.7 Å². The van der Waals surface area contributed by atoms with Crippen LogP contribution in [0.5, 0.6) is 0 Å². The zero-order valence-corrected chi connectivity index (χ0v) is 79.3. The maximum absolute atomic E-state index is 6.14. The minimum atomic E-state index is 0.0623. The van der Waals surface area contributed by atoms with E-state index in [2.05, 4.69) is 542 Å². The molecule has 7 aromatic heterocycles. The first-order chi connectivity index (χ1) is 69.2. The molecule has 7 heteroatoms. The standard InChI is InChI=1S/2C46H36N2.C42H26N2O/c1-46(2,3)35-23-26-45-41(30-35)40-29-34(22-25-44(40)47(45)36-16-8-5-9-17-36)33-21-24-43-39(28-33)38-19-10-11-20-42(38)48(43)37-18-12-15-32(27-37)31-13-6-4-7-14-31;1-46(2,3)35-21-25-37(26-22-35)48-43-16-10-8-14-39(43)41-30-34(20-28-45(41)48)33-19-27-44-40(29-33)38-13-7-9-15-42(38)47(44)36-23-17-32(18-24-36)31-11-5-4-6-12-31;1-2-10-29(11-3-1)43-37-15-7-4-12-31(37)34-24-27(18-21-39(34)43)28-19-22-40-35(25-28)32-13-5-8-16-38(32)44(40)30-20-23-42-36(26-30)33-14-6-9-17-41(33)45-42/h2*4-30H,1-3H3;1-26H. The van der Waals surface area contributed by atoms with Gasteiger partial charge in [-0.1, -0.05) is 327 Å². The minimum Gasteiger partial charge on any atom is -0.456 e. The molecule has 7 nitrogen and oxygen atoms in total. The van der Waals surface area contributed by atoms with E-state index in [9.17, 15) is 0 Å². The lowest BCUT2D eigenvalue weighted by Crippen LogP contribution is -2.10. The third kappa shape index (κ3) is 14.4. The first kappa shape index (κ1) is 83.8. The Hall–Kier alpha value is -17.8. The van der Waals surface area contributed by atoms with Crippen molar-refractivity contribution < 1.29 is 4.42 Å². The first-order valence-electron chi connectivity index (χ1n) is 48.9. The summed E-state index contributed by atoms with van der Waals surface area (Å²) in [6.45, 7) is 13.7. The third-order valence-corrected chi connectivity index (χ3v) is 29.1. The molecule has 0 saturated carbocycles. The van der Waals surface area contributed by atoms with Gasteiger partial charge in [-0.3, -0.25) is 0 Å². The van der Waals surface area contributed by atoms with Crippen LogP contribution in [0, 0.1) is 0 Å². The SMILES string of the molecule is CC(C)(C)c1ccc(-n2c3ccccc3c3cc(-c4ccc5c(c4)c4ccccc4n5-c4ccc(-c5ccccc5)cc4)ccc32)cc1.CC(C)(C)c1ccc2c(c1)c1cc(-c3ccc4c(c3)c3ccccc3n4-c3cccc(-c4ccccc4)c3)ccc1n2-c1ccccc1.c1ccc(-n2c3ccccc3c3cc(-c4ccc5c(c4)c4ccccc4n5-c4ccc5oc6ccccc6c5c4)ccc32)cc1. The number of hydrogen-bond donors (Lipinski definition) is 0. The largest absolute Gasteiger partial charge is 0.456 e. The fourth-order valence-electron chi connectivity index (χ4n) is 22.1. The summed E-state index contributed by atoms with van der Waals surface area (Å²) >= 11 is 0. The lowest BCUT2D eigenvalue weighted by molar-refractivity contribution is 0.590. The Balaban J connectivity index is 0.000000109. The molecule has 21 aromatic carbocycles. The highest BCUT2D eigenvalue weighted by atomic mass is 16.3. The Kier molecular flexibility index (Phi) is 20.0. The average Bonchev–Trinajstić information content (AvgIpc) is 1.59. The van der Waals surface area contributed by atoms with E-state index in [1.807, 2.05) is 12.1 Å². The maximum Gasteiger partial charge on any atom is 0.135 e. The molecule has 7 heterocycles. The van der Waals surface area contributed by atoms with Crippen LogP contribution in [0.4, 0.5) is 0 Å². The van der Waals surface area contributed by atoms with Crippen molar-refractivity contribution in [2.45, 2.75) is 52.4 Å². The van der Waals surface area contributed by atoms with Gasteiger partial charge in [0.05, 0.1) is 66.2 Å². The summed E-state index contributed by atoms with van der Waals surface area (Å²) in [5, 5.41) is 17.4. The smallest absolute Gasteiger partial charge is 0.135 e. The topological polar surface area (TPSA) is 42.7 Å². The summed E-state index contributed by atoms with van der Waals surface area (Å²) in [7, 11) is 0. The van der Waals surface area contributed by atoms with Crippen LogP contribution >= 0.6 is 0 Å². The zero-order valence-electron chi connectivity index (χ0n) is 79.3. The predicted octanol–water partition coefficient (Wildman–Crippen LogP) is 36.5. The molecule has 0 saturated heterocycles. The fraction of sp³-hybridized carbons (Fsp3) is 0.0597. The second-order valence-electron chi connectivity index (χ2n) is 39.5. The molecule has 0 bridgehead atoms. The molecule has 0 radical (unpaired) electrons. The molecule has 0 fully saturated rings. The van der Waals surface area contributed by atoms with E-state index in [0.717, 1.165) is 27.6 Å². The Morgan fingerprint density at radius 1 is 0.135 bits per heavy atom. The highest BCUT2D eigenvalue weighted by molar-refractivity contribution is 6.18. The number of hydrogen-bond acceptors (Lipinski definition) is 1. The Morgan fingerprint density at radius 3 is 0.738 bits per heavy atom. The van der Waals surface area contributed by atoms with E-state index in [-0.39, 0.29) is 10.8 Å².